The van der Waals surface area contributed by atoms with Crippen LogP contribution in [0.25, 0.3) is 11.1 Å². The van der Waals surface area contributed by atoms with E-state index in [9.17, 15) is 18.0 Å². The van der Waals surface area contributed by atoms with E-state index in [1.54, 1.807) is 65.9 Å². The summed E-state index contributed by atoms with van der Waals surface area (Å²) < 4.78 is 39.0. The number of nitrogens with zero attached hydrogens (tertiary/aromatic N) is 3. The predicted octanol–water partition coefficient (Wildman–Crippen LogP) is 6.21. The van der Waals surface area contributed by atoms with Crippen LogP contribution in [0.3, 0.4) is 0 Å². The van der Waals surface area contributed by atoms with Crippen molar-refractivity contribution < 1.29 is 18.0 Å². The zero-order valence-electron chi connectivity index (χ0n) is 17.2. The lowest BCUT2D eigenvalue weighted by molar-refractivity contribution is -0.137. The van der Waals surface area contributed by atoms with Gasteiger partial charge < -0.3 is 5.32 Å². The number of anilines is 3. The Morgan fingerprint density at radius 3 is 2.36 bits per heavy atom. The van der Waals surface area contributed by atoms with Crippen LogP contribution in [0.4, 0.5) is 35.4 Å². The summed E-state index contributed by atoms with van der Waals surface area (Å²) in [5.41, 5.74) is 1.44. The molecule has 4 rings (SSSR count). The fraction of sp³-hybridized carbons (Fsp3) is 0.0417. The van der Waals surface area contributed by atoms with Gasteiger partial charge in [-0.3, -0.25) is 10.2 Å². The second-order valence-corrected chi connectivity index (χ2v) is 7.09. The quantitative estimate of drug-likeness (QED) is 0.497. The van der Waals surface area contributed by atoms with Gasteiger partial charge in [-0.05, 0) is 59.2 Å². The summed E-state index contributed by atoms with van der Waals surface area (Å²) in [7, 11) is 0. The SMILES string of the molecule is C=C1C=CN(c2nccc(NC(=O)Nc3cccc(-c4cccc(C(F)(F)F)c4)c3)n2)C=C1. The Kier molecular flexibility index (Phi) is 5.95. The molecule has 0 fully saturated rings. The molecule has 0 saturated heterocycles. The second-order valence-electron chi connectivity index (χ2n) is 7.09. The van der Waals surface area contributed by atoms with Crippen LogP contribution in [0.1, 0.15) is 5.56 Å². The number of hydrogen-bond donors (Lipinski definition) is 2. The molecule has 0 radical (unpaired) electrons. The highest BCUT2D eigenvalue weighted by Gasteiger charge is 2.30. The smallest absolute Gasteiger partial charge is 0.308 e. The maximum Gasteiger partial charge on any atom is 0.416 e. The van der Waals surface area contributed by atoms with Gasteiger partial charge in [-0.2, -0.15) is 18.2 Å². The van der Waals surface area contributed by atoms with E-state index >= 15 is 0 Å². The van der Waals surface area contributed by atoms with Crippen molar-refractivity contribution in [3.05, 3.63) is 103 Å². The molecule has 0 bridgehead atoms. The molecule has 2 heterocycles. The van der Waals surface area contributed by atoms with Gasteiger partial charge in [-0.25, -0.2) is 9.78 Å². The average molecular weight is 449 g/mol. The maximum atomic E-state index is 13.0. The van der Waals surface area contributed by atoms with E-state index in [2.05, 4.69) is 27.2 Å². The van der Waals surface area contributed by atoms with Crippen molar-refractivity contribution in [3.8, 4) is 11.1 Å². The Morgan fingerprint density at radius 1 is 0.939 bits per heavy atom. The average Bonchev–Trinajstić information content (AvgIpc) is 2.79. The third-order valence-electron chi connectivity index (χ3n) is 4.66. The molecule has 33 heavy (non-hydrogen) atoms. The van der Waals surface area contributed by atoms with E-state index in [0.717, 1.165) is 17.7 Å². The van der Waals surface area contributed by atoms with Crippen LogP contribution in [0.15, 0.2) is 97.5 Å². The van der Waals surface area contributed by atoms with Crippen molar-refractivity contribution in [1.82, 2.24) is 9.97 Å². The fourth-order valence-corrected chi connectivity index (χ4v) is 3.06. The Labute approximate surface area is 187 Å². The zero-order chi connectivity index (χ0) is 23.4. The first-order valence-corrected chi connectivity index (χ1v) is 9.80. The molecule has 2 amide bonds. The van der Waals surface area contributed by atoms with Crippen LogP contribution in [-0.4, -0.2) is 16.0 Å². The molecule has 0 aliphatic carbocycles. The van der Waals surface area contributed by atoms with Gasteiger partial charge in [-0.15, -0.1) is 0 Å². The fourth-order valence-electron chi connectivity index (χ4n) is 3.06. The highest BCUT2D eigenvalue weighted by molar-refractivity contribution is 5.99. The number of rotatable bonds is 4. The number of halogens is 3. The summed E-state index contributed by atoms with van der Waals surface area (Å²) in [6.07, 6.45) is 4.18. The van der Waals surface area contributed by atoms with Crippen molar-refractivity contribution >= 4 is 23.5 Å². The lowest BCUT2D eigenvalue weighted by Gasteiger charge is -2.17. The zero-order valence-corrected chi connectivity index (χ0v) is 17.2. The number of carbonyl (C=O) groups excluding carboxylic acids is 1. The molecule has 1 aromatic heterocycles. The van der Waals surface area contributed by atoms with Gasteiger partial charge in [0, 0.05) is 24.3 Å². The summed E-state index contributed by atoms with van der Waals surface area (Å²) >= 11 is 0. The van der Waals surface area contributed by atoms with Gasteiger partial charge in [0.25, 0.3) is 0 Å². The molecule has 1 aliphatic heterocycles. The molecule has 9 heteroatoms. The summed E-state index contributed by atoms with van der Waals surface area (Å²) in [5, 5.41) is 5.29. The van der Waals surface area contributed by atoms with E-state index in [1.165, 1.54) is 12.3 Å². The number of aromatic nitrogens is 2. The minimum absolute atomic E-state index is 0.276. The highest BCUT2D eigenvalue weighted by Crippen LogP contribution is 2.32. The van der Waals surface area contributed by atoms with Crippen molar-refractivity contribution in [1.29, 1.82) is 0 Å². The number of allylic oxidation sites excluding steroid dienone is 3. The molecule has 1 aliphatic rings. The first-order chi connectivity index (χ1) is 15.8. The van der Waals surface area contributed by atoms with E-state index in [1.807, 2.05) is 0 Å². The Balaban J connectivity index is 1.46. The highest BCUT2D eigenvalue weighted by atomic mass is 19.4. The van der Waals surface area contributed by atoms with E-state index in [4.69, 9.17) is 0 Å². The summed E-state index contributed by atoms with van der Waals surface area (Å²) in [4.78, 5) is 22.6. The van der Waals surface area contributed by atoms with Crippen LogP contribution in [0.2, 0.25) is 0 Å². The van der Waals surface area contributed by atoms with E-state index in [-0.39, 0.29) is 5.82 Å². The third-order valence-corrected chi connectivity index (χ3v) is 4.66. The van der Waals surface area contributed by atoms with E-state index in [0.29, 0.717) is 22.8 Å². The monoisotopic (exact) mass is 449 g/mol. The molecule has 0 saturated carbocycles. The molecule has 3 aromatic rings. The summed E-state index contributed by atoms with van der Waals surface area (Å²) in [6, 6.07) is 12.5. The number of urea groups is 1. The number of alkyl halides is 3. The number of benzene rings is 2. The van der Waals surface area contributed by atoms with Crippen LogP contribution < -0.4 is 15.5 Å². The van der Waals surface area contributed by atoms with Gasteiger partial charge in [0.15, 0.2) is 0 Å². The first-order valence-electron chi connectivity index (χ1n) is 9.80. The van der Waals surface area contributed by atoms with Crippen LogP contribution in [0.5, 0.6) is 0 Å². The number of hydrogen-bond acceptors (Lipinski definition) is 4. The molecule has 0 spiro atoms. The topological polar surface area (TPSA) is 70.2 Å². The van der Waals surface area contributed by atoms with Crippen molar-refractivity contribution in [2.45, 2.75) is 6.18 Å². The van der Waals surface area contributed by atoms with Crippen LogP contribution in [-0.2, 0) is 6.18 Å². The predicted molar refractivity (Wildman–Crippen MR) is 121 cm³/mol. The number of nitrogens with one attached hydrogen (secondary N) is 2. The molecular weight excluding hydrogens is 431 g/mol. The normalized spacial score (nSPS) is 13.2. The molecule has 6 nitrogen and oxygen atoms in total. The van der Waals surface area contributed by atoms with E-state index < -0.39 is 17.8 Å². The van der Waals surface area contributed by atoms with Crippen LogP contribution >= 0.6 is 0 Å². The van der Waals surface area contributed by atoms with Crippen LogP contribution in [0, 0.1) is 0 Å². The Morgan fingerprint density at radius 2 is 1.64 bits per heavy atom. The van der Waals surface area contributed by atoms with Gasteiger partial charge in [0.2, 0.25) is 5.95 Å². The maximum absolute atomic E-state index is 13.0. The van der Waals surface area contributed by atoms with Crippen molar-refractivity contribution in [2.75, 3.05) is 15.5 Å². The molecular formula is C24H18F3N5O. The van der Waals surface area contributed by atoms with Gasteiger partial charge in [-0.1, -0.05) is 30.8 Å². The van der Waals surface area contributed by atoms with Crippen molar-refractivity contribution in [3.63, 3.8) is 0 Å². The number of amides is 2. The molecule has 2 N–H and O–H groups in total. The lowest BCUT2D eigenvalue weighted by atomic mass is 10.0. The lowest BCUT2D eigenvalue weighted by Crippen LogP contribution is -2.21. The minimum Gasteiger partial charge on any atom is -0.308 e. The molecule has 2 aromatic carbocycles. The largest absolute Gasteiger partial charge is 0.416 e. The number of carbonyl (C=O) groups is 1. The minimum atomic E-state index is -4.43. The summed E-state index contributed by atoms with van der Waals surface area (Å²) in [6.45, 7) is 3.82. The van der Waals surface area contributed by atoms with Gasteiger partial charge in [0.1, 0.15) is 5.82 Å². The Hall–Kier alpha value is -4.40. The molecule has 166 valence electrons. The van der Waals surface area contributed by atoms with Gasteiger partial charge >= 0.3 is 12.2 Å². The summed E-state index contributed by atoms with van der Waals surface area (Å²) in [5.74, 6) is 0.636. The van der Waals surface area contributed by atoms with Gasteiger partial charge in [0.05, 0.1) is 5.56 Å². The standard InChI is InChI=1S/C24H18F3N5O/c1-16-9-12-32(13-10-16)22-28-11-8-21(30-22)31-23(33)29-20-7-3-5-18(15-20)17-4-2-6-19(14-17)24(25,26)27/h2-15H,1H2,(H2,28,29,30,31,33). The van der Waals surface area contributed by atoms with Crippen molar-refractivity contribution in [2.24, 2.45) is 0 Å². The Bertz CT molecular complexity index is 1250. The molecule has 0 atom stereocenters. The molecule has 0 unspecified atom stereocenters. The third kappa shape index (κ3) is 5.45. The first kappa shape index (κ1) is 21.8. The second kappa shape index (κ2) is 8.99.